The Morgan fingerprint density at radius 2 is 2.44 bits per heavy atom. The van der Waals surface area contributed by atoms with E-state index >= 15 is 0 Å². The standard InChI is InChI=1S/C6H11NO2/c1-5-2-7-3-6(4-8)9-5/h4-7H,2-3H2,1H3. The summed E-state index contributed by atoms with van der Waals surface area (Å²) in [5.74, 6) is 0. The molecule has 0 aromatic heterocycles. The maximum atomic E-state index is 10.1. The third-order valence-corrected chi connectivity index (χ3v) is 1.34. The highest BCUT2D eigenvalue weighted by Gasteiger charge is 2.16. The third kappa shape index (κ3) is 1.77. The van der Waals surface area contributed by atoms with E-state index in [1.54, 1.807) is 0 Å². The summed E-state index contributed by atoms with van der Waals surface area (Å²) < 4.78 is 5.20. The molecule has 1 saturated heterocycles. The molecule has 0 bridgehead atoms. The number of ether oxygens (including phenoxy) is 1. The summed E-state index contributed by atoms with van der Waals surface area (Å²) in [6.45, 7) is 3.46. The average Bonchev–Trinajstić information content (AvgIpc) is 1.88. The number of nitrogens with one attached hydrogen (secondary N) is 1. The molecule has 0 radical (unpaired) electrons. The normalized spacial score (nSPS) is 36.1. The molecule has 0 aromatic carbocycles. The molecule has 0 spiro atoms. The summed E-state index contributed by atoms with van der Waals surface area (Å²) >= 11 is 0. The van der Waals surface area contributed by atoms with Crippen LogP contribution in [0.4, 0.5) is 0 Å². The zero-order valence-corrected chi connectivity index (χ0v) is 5.46. The molecule has 2 unspecified atom stereocenters. The third-order valence-electron chi connectivity index (χ3n) is 1.34. The van der Waals surface area contributed by atoms with Crippen LogP contribution in [0.2, 0.25) is 0 Å². The Hall–Kier alpha value is -0.410. The lowest BCUT2D eigenvalue weighted by atomic mass is 10.3. The van der Waals surface area contributed by atoms with Crippen molar-refractivity contribution in [2.45, 2.75) is 19.1 Å². The minimum absolute atomic E-state index is 0.175. The lowest BCUT2D eigenvalue weighted by Gasteiger charge is -2.24. The first kappa shape index (κ1) is 6.71. The van der Waals surface area contributed by atoms with Crippen molar-refractivity contribution < 1.29 is 9.53 Å². The topological polar surface area (TPSA) is 38.3 Å². The lowest BCUT2D eigenvalue weighted by Crippen LogP contribution is -2.43. The van der Waals surface area contributed by atoms with Crippen LogP contribution in [0.3, 0.4) is 0 Å². The van der Waals surface area contributed by atoms with Gasteiger partial charge in [-0.3, -0.25) is 0 Å². The van der Waals surface area contributed by atoms with Gasteiger partial charge in [0.25, 0.3) is 0 Å². The smallest absolute Gasteiger partial charge is 0.150 e. The van der Waals surface area contributed by atoms with E-state index < -0.39 is 0 Å². The van der Waals surface area contributed by atoms with Gasteiger partial charge in [-0.25, -0.2) is 0 Å². The predicted octanol–water partition coefficient (Wildman–Crippen LogP) is -0.438. The zero-order valence-electron chi connectivity index (χ0n) is 5.46. The molecule has 1 fully saturated rings. The van der Waals surface area contributed by atoms with E-state index in [0.29, 0.717) is 6.54 Å². The monoisotopic (exact) mass is 129 g/mol. The molecule has 0 aromatic rings. The van der Waals surface area contributed by atoms with Gasteiger partial charge in [0.1, 0.15) is 12.4 Å². The van der Waals surface area contributed by atoms with Crippen molar-refractivity contribution in [3.05, 3.63) is 0 Å². The minimum atomic E-state index is -0.228. The number of hydrogen-bond donors (Lipinski definition) is 1. The molecule has 0 amide bonds. The predicted molar refractivity (Wildman–Crippen MR) is 33.3 cm³/mol. The highest BCUT2D eigenvalue weighted by atomic mass is 16.5. The lowest BCUT2D eigenvalue weighted by molar-refractivity contribution is -0.123. The molecule has 2 atom stereocenters. The van der Waals surface area contributed by atoms with Crippen LogP contribution in [0.15, 0.2) is 0 Å². The van der Waals surface area contributed by atoms with Gasteiger partial charge < -0.3 is 14.8 Å². The fourth-order valence-electron chi connectivity index (χ4n) is 0.904. The van der Waals surface area contributed by atoms with Crippen molar-refractivity contribution in [2.75, 3.05) is 13.1 Å². The van der Waals surface area contributed by atoms with Crippen LogP contribution in [0, 0.1) is 0 Å². The number of carbonyl (C=O) groups excluding carboxylic acids is 1. The van der Waals surface area contributed by atoms with Crippen molar-refractivity contribution in [1.82, 2.24) is 5.32 Å². The molecular formula is C6H11NO2. The number of aldehydes is 1. The number of carbonyl (C=O) groups is 1. The summed E-state index contributed by atoms with van der Waals surface area (Å²) in [5, 5.41) is 3.08. The molecule has 52 valence electrons. The van der Waals surface area contributed by atoms with Gasteiger partial charge in [0.15, 0.2) is 0 Å². The highest BCUT2D eigenvalue weighted by molar-refractivity contribution is 5.56. The van der Waals surface area contributed by atoms with Gasteiger partial charge in [0.05, 0.1) is 6.10 Å². The van der Waals surface area contributed by atoms with Gasteiger partial charge in [-0.2, -0.15) is 0 Å². The first-order valence-electron chi connectivity index (χ1n) is 3.14. The summed E-state index contributed by atoms with van der Waals surface area (Å²) in [7, 11) is 0. The Morgan fingerprint density at radius 1 is 1.67 bits per heavy atom. The van der Waals surface area contributed by atoms with Crippen molar-refractivity contribution in [3.63, 3.8) is 0 Å². The second-order valence-electron chi connectivity index (χ2n) is 2.28. The maximum Gasteiger partial charge on any atom is 0.150 e. The van der Waals surface area contributed by atoms with Crippen molar-refractivity contribution in [3.8, 4) is 0 Å². The van der Waals surface area contributed by atoms with E-state index in [9.17, 15) is 4.79 Å². The quantitative estimate of drug-likeness (QED) is 0.488. The van der Waals surface area contributed by atoms with Gasteiger partial charge in [-0.05, 0) is 6.92 Å². The summed E-state index contributed by atoms with van der Waals surface area (Å²) in [5.41, 5.74) is 0. The highest BCUT2D eigenvalue weighted by Crippen LogP contribution is 1.99. The number of hydrogen-bond acceptors (Lipinski definition) is 3. The Bertz CT molecular complexity index is 105. The van der Waals surface area contributed by atoms with Gasteiger partial charge in [0.2, 0.25) is 0 Å². The Balaban J connectivity index is 2.31. The van der Waals surface area contributed by atoms with Crippen LogP contribution < -0.4 is 5.32 Å². The Labute approximate surface area is 54.4 Å². The Kier molecular flexibility index (Phi) is 2.19. The van der Waals surface area contributed by atoms with E-state index in [1.807, 2.05) is 6.92 Å². The molecular weight excluding hydrogens is 118 g/mol. The van der Waals surface area contributed by atoms with Gasteiger partial charge in [-0.1, -0.05) is 0 Å². The SMILES string of the molecule is CC1CNCC(C=O)O1. The van der Waals surface area contributed by atoms with Crippen LogP contribution in [0.1, 0.15) is 6.92 Å². The largest absolute Gasteiger partial charge is 0.365 e. The van der Waals surface area contributed by atoms with Gasteiger partial charge >= 0.3 is 0 Å². The summed E-state index contributed by atoms with van der Waals surface area (Å²) in [6, 6.07) is 0. The van der Waals surface area contributed by atoms with Crippen LogP contribution in [0.25, 0.3) is 0 Å². The first-order valence-corrected chi connectivity index (χ1v) is 3.14. The van der Waals surface area contributed by atoms with E-state index in [0.717, 1.165) is 12.8 Å². The molecule has 9 heavy (non-hydrogen) atoms. The van der Waals surface area contributed by atoms with Crippen molar-refractivity contribution >= 4 is 6.29 Å². The van der Waals surface area contributed by atoms with Crippen LogP contribution >= 0.6 is 0 Å². The molecule has 1 heterocycles. The van der Waals surface area contributed by atoms with Crippen LogP contribution in [-0.2, 0) is 9.53 Å². The molecule has 0 saturated carbocycles. The molecule has 1 rings (SSSR count). The molecule has 1 N–H and O–H groups in total. The first-order chi connectivity index (χ1) is 4.33. The second kappa shape index (κ2) is 2.94. The average molecular weight is 129 g/mol. The van der Waals surface area contributed by atoms with E-state index in [4.69, 9.17) is 4.74 Å². The van der Waals surface area contributed by atoms with E-state index in [1.165, 1.54) is 0 Å². The minimum Gasteiger partial charge on any atom is -0.365 e. The molecule has 1 aliphatic rings. The maximum absolute atomic E-state index is 10.1. The van der Waals surface area contributed by atoms with Gasteiger partial charge in [-0.15, -0.1) is 0 Å². The summed E-state index contributed by atoms with van der Waals surface area (Å²) in [4.78, 5) is 10.1. The Morgan fingerprint density at radius 3 is 2.89 bits per heavy atom. The van der Waals surface area contributed by atoms with Gasteiger partial charge in [0, 0.05) is 13.1 Å². The molecule has 1 aliphatic heterocycles. The molecule has 3 nitrogen and oxygen atoms in total. The van der Waals surface area contributed by atoms with Crippen LogP contribution in [-0.4, -0.2) is 31.6 Å². The van der Waals surface area contributed by atoms with E-state index in [2.05, 4.69) is 5.32 Å². The van der Waals surface area contributed by atoms with Crippen LogP contribution in [0.5, 0.6) is 0 Å². The molecule has 0 aliphatic carbocycles. The fraction of sp³-hybridized carbons (Fsp3) is 0.833. The fourth-order valence-corrected chi connectivity index (χ4v) is 0.904. The van der Waals surface area contributed by atoms with Crippen molar-refractivity contribution in [2.24, 2.45) is 0 Å². The number of rotatable bonds is 1. The zero-order chi connectivity index (χ0) is 6.69. The summed E-state index contributed by atoms with van der Waals surface area (Å²) in [6.07, 6.45) is 0.783. The number of morpholine rings is 1. The van der Waals surface area contributed by atoms with Crippen molar-refractivity contribution in [1.29, 1.82) is 0 Å². The van der Waals surface area contributed by atoms with E-state index in [-0.39, 0.29) is 12.2 Å². The molecule has 3 heteroatoms. The second-order valence-corrected chi connectivity index (χ2v) is 2.28.